The van der Waals surface area contributed by atoms with E-state index in [1.165, 1.54) is 16.7 Å². The van der Waals surface area contributed by atoms with Gasteiger partial charge in [-0.15, -0.1) is 0 Å². The van der Waals surface area contributed by atoms with E-state index >= 15 is 0 Å². The van der Waals surface area contributed by atoms with Gasteiger partial charge in [0.1, 0.15) is 11.3 Å². The van der Waals surface area contributed by atoms with E-state index in [-0.39, 0.29) is 5.75 Å². The summed E-state index contributed by atoms with van der Waals surface area (Å²) in [6, 6.07) is 36.5. The molecule has 5 rings (SSSR count). The molecule has 0 aliphatic rings. The van der Waals surface area contributed by atoms with Crippen LogP contribution in [0.3, 0.4) is 0 Å². The maximum atomic E-state index is 9.82. The summed E-state index contributed by atoms with van der Waals surface area (Å²) >= 11 is 0. The molecule has 0 fully saturated rings. The third kappa shape index (κ3) is 3.15. The van der Waals surface area contributed by atoms with Crippen molar-refractivity contribution in [2.75, 3.05) is 0 Å². The molecule has 1 heterocycles. The lowest BCUT2D eigenvalue weighted by Crippen LogP contribution is -2.32. The zero-order chi connectivity index (χ0) is 20.4. The number of fused-ring (bicyclic) bond motifs is 1. The van der Waals surface area contributed by atoms with Crippen LogP contribution in [0.25, 0.3) is 11.1 Å². The van der Waals surface area contributed by atoms with E-state index in [0.717, 1.165) is 5.52 Å². The molecule has 0 bridgehead atoms. The number of benzene rings is 4. The minimum Gasteiger partial charge on any atom is -0.508 e. The highest BCUT2D eigenvalue weighted by Crippen LogP contribution is 2.42. The van der Waals surface area contributed by atoms with Crippen LogP contribution in [-0.2, 0) is 11.8 Å². The molecule has 1 aromatic heterocycles. The Morgan fingerprint density at radius 1 is 0.667 bits per heavy atom. The Labute approximate surface area is 175 Å². The van der Waals surface area contributed by atoms with E-state index in [2.05, 4.69) is 72.8 Å². The lowest BCUT2D eigenvalue weighted by molar-refractivity contribution is 0.464. The number of oxazole rings is 1. The number of nitrogens with zero attached hydrogens (tertiary/aromatic N) is 1. The van der Waals surface area contributed by atoms with E-state index in [1.807, 2.05) is 18.2 Å². The van der Waals surface area contributed by atoms with Gasteiger partial charge in [-0.1, -0.05) is 91.0 Å². The highest BCUT2D eigenvalue weighted by molar-refractivity contribution is 5.74. The van der Waals surface area contributed by atoms with Gasteiger partial charge in [0.05, 0.1) is 5.41 Å². The zero-order valence-electron chi connectivity index (χ0n) is 16.4. The smallest absolute Gasteiger partial charge is 0.197 e. The highest BCUT2D eigenvalue weighted by atomic mass is 16.3. The largest absolute Gasteiger partial charge is 0.508 e. The first-order valence-electron chi connectivity index (χ1n) is 10.0. The first-order valence-corrected chi connectivity index (χ1v) is 10.0. The lowest BCUT2D eigenvalue weighted by atomic mass is 9.67. The van der Waals surface area contributed by atoms with E-state index in [4.69, 9.17) is 9.40 Å². The second-order valence-electron chi connectivity index (χ2n) is 7.44. The lowest BCUT2D eigenvalue weighted by Gasteiger charge is -2.35. The van der Waals surface area contributed by atoms with Crippen LogP contribution in [0.4, 0.5) is 0 Å². The fraction of sp³-hybridized carbons (Fsp3) is 0.0741. The van der Waals surface area contributed by atoms with Crippen LogP contribution >= 0.6 is 0 Å². The maximum absolute atomic E-state index is 9.82. The number of aromatic nitrogens is 1. The molecule has 1 N–H and O–H groups in total. The van der Waals surface area contributed by atoms with Gasteiger partial charge in [0.15, 0.2) is 11.5 Å². The molecular weight excluding hydrogens is 370 g/mol. The van der Waals surface area contributed by atoms with Crippen LogP contribution in [0.5, 0.6) is 5.75 Å². The Morgan fingerprint density at radius 3 is 1.67 bits per heavy atom. The van der Waals surface area contributed by atoms with Gasteiger partial charge in [-0.25, -0.2) is 4.98 Å². The SMILES string of the molecule is Oc1ccc2nc(CC(c3ccccc3)(c3ccccc3)c3ccccc3)oc2c1. The van der Waals surface area contributed by atoms with Crippen molar-refractivity contribution in [2.45, 2.75) is 11.8 Å². The molecule has 0 aliphatic heterocycles. The monoisotopic (exact) mass is 391 g/mol. The summed E-state index contributed by atoms with van der Waals surface area (Å²) in [6.07, 6.45) is 0.556. The van der Waals surface area contributed by atoms with Crippen molar-refractivity contribution in [1.29, 1.82) is 0 Å². The van der Waals surface area contributed by atoms with Crippen LogP contribution in [0.2, 0.25) is 0 Å². The zero-order valence-corrected chi connectivity index (χ0v) is 16.4. The number of hydrogen-bond donors (Lipinski definition) is 1. The van der Waals surface area contributed by atoms with Gasteiger partial charge in [-0.05, 0) is 28.8 Å². The minimum atomic E-state index is -0.466. The molecule has 0 spiro atoms. The topological polar surface area (TPSA) is 46.3 Å². The van der Waals surface area contributed by atoms with Gasteiger partial charge in [0.25, 0.3) is 0 Å². The van der Waals surface area contributed by atoms with Crippen LogP contribution in [-0.4, -0.2) is 10.1 Å². The molecule has 0 saturated heterocycles. The van der Waals surface area contributed by atoms with Crippen LogP contribution in [0.1, 0.15) is 22.6 Å². The number of rotatable bonds is 5. The highest BCUT2D eigenvalue weighted by Gasteiger charge is 2.38. The van der Waals surface area contributed by atoms with E-state index in [9.17, 15) is 5.11 Å². The number of hydrogen-bond acceptors (Lipinski definition) is 3. The average Bonchev–Trinajstić information content (AvgIpc) is 3.20. The summed E-state index contributed by atoms with van der Waals surface area (Å²) in [6.45, 7) is 0. The number of phenols is 1. The third-order valence-electron chi connectivity index (χ3n) is 5.63. The molecular formula is C27H21NO2. The van der Waals surface area contributed by atoms with Crippen LogP contribution < -0.4 is 0 Å². The van der Waals surface area contributed by atoms with Crippen molar-refractivity contribution in [2.24, 2.45) is 0 Å². The summed E-state index contributed by atoms with van der Waals surface area (Å²) < 4.78 is 6.10. The molecule has 5 aromatic rings. The Kier molecular flexibility index (Phi) is 4.56. The minimum absolute atomic E-state index is 0.172. The Balaban J connectivity index is 1.76. The van der Waals surface area contributed by atoms with E-state index in [1.54, 1.807) is 18.2 Å². The van der Waals surface area contributed by atoms with E-state index in [0.29, 0.717) is 17.9 Å². The van der Waals surface area contributed by atoms with Gasteiger partial charge in [-0.3, -0.25) is 0 Å². The summed E-state index contributed by atoms with van der Waals surface area (Å²) in [5, 5.41) is 9.82. The van der Waals surface area contributed by atoms with Crippen molar-refractivity contribution < 1.29 is 9.52 Å². The normalized spacial score (nSPS) is 11.6. The molecule has 30 heavy (non-hydrogen) atoms. The predicted molar refractivity (Wildman–Crippen MR) is 119 cm³/mol. The van der Waals surface area contributed by atoms with Crippen molar-refractivity contribution in [1.82, 2.24) is 4.98 Å². The summed E-state index contributed by atoms with van der Waals surface area (Å²) in [4.78, 5) is 4.74. The second kappa shape index (κ2) is 7.53. The Bertz CT molecular complexity index is 1170. The van der Waals surface area contributed by atoms with Gasteiger partial charge >= 0.3 is 0 Å². The quantitative estimate of drug-likeness (QED) is 0.368. The summed E-state index contributed by atoms with van der Waals surface area (Å²) in [5.41, 5.74) is 4.39. The van der Waals surface area contributed by atoms with Gasteiger partial charge < -0.3 is 9.52 Å². The predicted octanol–water partition coefficient (Wildman–Crippen LogP) is 6.11. The fourth-order valence-corrected chi connectivity index (χ4v) is 4.24. The van der Waals surface area contributed by atoms with Crippen LogP contribution in [0, 0.1) is 0 Å². The second-order valence-corrected chi connectivity index (χ2v) is 7.44. The average molecular weight is 391 g/mol. The first-order chi connectivity index (χ1) is 14.8. The first kappa shape index (κ1) is 18.2. The number of phenolic OH excluding ortho intramolecular Hbond substituents is 1. The molecule has 146 valence electrons. The maximum Gasteiger partial charge on any atom is 0.197 e. The van der Waals surface area contributed by atoms with Crippen molar-refractivity contribution in [3.63, 3.8) is 0 Å². The van der Waals surface area contributed by atoms with E-state index < -0.39 is 5.41 Å². The molecule has 0 aliphatic carbocycles. The van der Waals surface area contributed by atoms with Crippen molar-refractivity contribution >= 4 is 11.1 Å². The van der Waals surface area contributed by atoms with Gasteiger partial charge in [0, 0.05) is 12.5 Å². The Hall–Kier alpha value is -3.85. The summed E-state index contributed by atoms with van der Waals surface area (Å²) in [7, 11) is 0. The number of aromatic hydroxyl groups is 1. The molecule has 0 unspecified atom stereocenters. The summed E-state index contributed by atoms with van der Waals surface area (Å²) in [5.74, 6) is 0.804. The molecule has 0 atom stereocenters. The molecule has 0 saturated carbocycles. The Morgan fingerprint density at radius 2 is 1.17 bits per heavy atom. The molecule has 3 heteroatoms. The van der Waals surface area contributed by atoms with Crippen molar-refractivity contribution in [3.8, 4) is 5.75 Å². The van der Waals surface area contributed by atoms with Crippen molar-refractivity contribution in [3.05, 3.63) is 132 Å². The molecule has 3 nitrogen and oxygen atoms in total. The van der Waals surface area contributed by atoms with Gasteiger partial charge in [-0.2, -0.15) is 0 Å². The third-order valence-corrected chi connectivity index (χ3v) is 5.63. The molecule has 4 aromatic carbocycles. The van der Waals surface area contributed by atoms with Crippen LogP contribution in [0.15, 0.2) is 114 Å². The standard InChI is InChI=1S/C27H21NO2/c29-23-16-17-24-25(18-23)30-26(28-24)19-27(20-10-4-1-5-11-20,21-12-6-2-7-13-21)22-14-8-3-9-15-22/h1-18,29H,19H2. The molecule has 0 radical (unpaired) electrons. The molecule has 0 amide bonds. The van der Waals surface area contributed by atoms with Gasteiger partial charge in [0.2, 0.25) is 0 Å². The fourth-order valence-electron chi connectivity index (χ4n) is 4.24.